The van der Waals surface area contributed by atoms with Crippen molar-refractivity contribution in [2.75, 3.05) is 0 Å². The monoisotopic (exact) mass is 270 g/mol. The van der Waals surface area contributed by atoms with E-state index in [0.717, 1.165) is 16.7 Å². The van der Waals surface area contributed by atoms with Crippen LogP contribution in [0.2, 0.25) is 0 Å². The molecule has 0 aliphatic carbocycles. The first-order chi connectivity index (χ1) is 9.40. The van der Waals surface area contributed by atoms with E-state index in [1.807, 2.05) is 38.1 Å². The Balaban J connectivity index is 2.56. The minimum atomic E-state index is 0.241. The molecule has 106 valence electrons. The zero-order valence-corrected chi connectivity index (χ0v) is 12.5. The van der Waals surface area contributed by atoms with E-state index >= 15 is 0 Å². The van der Waals surface area contributed by atoms with Gasteiger partial charge in [-0.3, -0.25) is 0 Å². The van der Waals surface area contributed by atoms with Crippen LogP contribution in [0.15, 0.2) is 36.4 Å². The summed E-state index contributed by atoms with van der Waals surface area (Å²) in [7, 11) is 0. The smallest absolute Gasteiger partial charge is 0.123 e. The molecular formula is C18H22O2. The highest BCUT2D eigenvalue weighted by Gasteiger charge is 2.12. The summed E-state index contributed by atoms with van der Waals surface area (Å²) in [5.74, 6) is 1.24. The molecule has 0 heterocycles. The van der Waals surface area contributed by atoms with E-state index in [4.69, 9.17) is 0 Å². The average Bonchev–Trinajstić information content (AvgIpc) is 2.39. The van der Waals surface area contributed by atoms with Crippen molar-refractivity contribution in [2.24, 2.45) is 0 Å². The zero-order chi connectivity index (χ0) is 14.9. The van der Waals surface area contributed by atoms with Gasteiger partial charge in [0.05, 0.1) is 0 Å². The Kier molecular flexibility index (Phi) is 4.03. The third-order valence-electron chi connectivity index (χ3n) is 3.65. The Labute approximate surface area is 120 Å². The van der Waals surface area contributed by atoms with E-state index in [2.05, 4.69) is 13.8 Å². The van der Waals surface area contributed by atoms with Crippen molar-refractivity contribution in [3.8, 4) is 22.6 Å². The topological polar surface area (TPSA) is 40.5 Å². The molecule has 0 aliphatic heterocycles. The summed E-state index contributed by atoms with van der Waals surface area (Å²) in [6.45, 7) is 8.35. The summed E-state index contributed by atoms with van der Waals surface area (Å²) < 4.78 is 0. The van der Waals surface area contributed by atoms with Gasteiger partial charge in [-0.05, 0) is 52.8 Å². The highest BCUT2D eigenvalue weighted by Crippen LogP contribution is 2.36. The van der Waals surface area contributed by atoms with Crippen LogP contribution in [0.5, 0.6) is 11.5 Å². The van der Waals surface area contributed by atoms with Crippen molar-refractivity contribution in [2.45, 2.75) is 39.5 Å². The number of benzene rings is 2. The Morgan fingerprint density at radius 2 is 1.40 bits per heavy atom. The molecule has 0 aromatic heterocycles. The predicted octanol–water partition coefficient (Wildman–Crippen LogP) is 5.01. The van der Waals surface area contributed by atoms with Gasteiger partial charge in [0, 0.05) is 5.56 Å². The molecule has 0 unspecified atom stereocenters. The largest absolute Gasteiger partial charge is 0.508 e. The Hall–Kier alpha value is -1.96. The molecule has 20 heavy (non-hydrogen) atoms. The Morgan fingerprint density at radius 3 is 2.00 bits per heavy atom. The van der Waals surface area contributed by atoms with Gasteiger partial charge in [-0.1, -0.05) is 39.8 Å². The molecule has 0 atom stereocenters. The normalized spacial score (nSPS) is 11.3. The van der Waals surface area contributed by atoms with Crippen LogP contribution in [0.4, 0.5) is 0 Å². The summed E-state index contributed by atoms with van der Waals surface area (Å²) >= 11 is 0. The number of rotatable bonds is 3. The number of phenols is 2. The van der Waals surface area contributed by atoms with Crippen molar-refractivity contribution in [1.29, 1.82) is 0 Å². The van der Waals surface area contributed by atoms with E-state index in [1.165, 1.54) is 5.56 Å². The third-order valence-corrected chi connectivity index (χ3v) is 3.65. The van der Waals surface area contributed by atoms with Crippen LogP contribution in [0, 0.1) is 0 Å². The van der Waals surface area contributed by atoms with Gasteiger partial charge in [0.25, 0.3) is 0 Å². The molecule has 2 rings (SSSR count). The van der Waals surface area contributed by atoms with E-state index in [1.54, 1.807) is 12.1 Å². The average molecular weight is 270 g/mol. The van der Waals surface area contributed by atoms with E-state index in [9.17, 15) is 10.2 Å². The van der Waals surface area contributed by atoms with E-state index in [-0.39, 0.29) is 11.7 Å². The van der Waals surface area contributed by atoms with Crippen LogP contribution >= 0.6 is 0 Å². The third kappa shape index (κ3) is 2.79. The maximum Gasteiger partial charge on any atom is 0.123 e. The zero-order valence-electron chi connectivity index (χ0n) is 12.5. The van der Waals surface area contributed by atoms with Gasteiger partial charge in [-0.2, -0.15) is 0 Å². The van der Waals surface area contributed by atoms with Crippen molar-refractivity contribution in [1.82, 2.24) is 0 Å². The van der Waals surface area contributed by atoms with Crippen LogP contribution in [0.3, 0.4) is 0 Å². The first kappa shape index (κ1) is 14.4. The summed E-state index contributed by atoms with van der Waals surface area (Å²) in [4.78, 5) is 0. The summed E-state index contributed by atoms with van der Waals surface area (Å²) in [6, 6.07) is 11.2. The molecule has 2 aromatic rings. The lowest BCUT2D eigenvalue weighted by molar-refractivity contribution is 0.464. The molecule has 0 spiro atoms. The molecule has 0 amide bonds. The van der Waals surface area contributed by atoms with Crippen LogP contribution in [0.1, 0.15) is 50.7 Å². The highest BCUT2D eigenvalue weighted by molar-refractivity contribution is 5.72. The Morgan fingerprint density at radius 1 is 0.750 bits per heavy atom. The van der Waals surface area contributed by atoms with Crippen LogP contribution < -0.4 is 0 Å². The molecular weight excluding hydrogens is 248 g/mol. The molecule has 2 N–H and O–H groups in total. The van der Waals surface area contributed by atoms with Crippen molar-refractivity contribution < 1.29 is 10.2 Å². The summed E-state index contributed by atoms with van der Waals surface area (Å²) in [6.07, 6.45) is 0. The predicted molar refractivity (Wildman–Crippen MR) is 83.4 cm³/mol. The minimum absolute atomic E-state index is 0.241. The fraction of sp³-hybridized carbons (Fsp3) is 0.333. The second-order valence-corrected chi connectivity index (χ2v) is 5.86. The first-order valence-electron chi connectivity index (χ1n) is 7.06. The molecule has 2 nitrogen and oxygen atoms in total. The number of aromatic hydroxyl groups is 2. The number of hydrogen-bond donors (Lipinski definition) is 2. The van der Waals surface area contributed by atoms with Crippen molar-refractivity contribution in [3.05, 3.63) is 47.5 Å². The minimum Gasteiger partial charge on any atom is -0.508 e. The molecule has 2 heteroatoms. The SMILES string of the molecule is CC(C)c1ccc(O)c(-c2ccc(O)c(C(C)C)c2)c1. The van der Waals surface area contributed by atoms with Gasteiger partial charge in [0.2, 0.25) is 0 Å². The van der Waals surface area contributed by atoms with Gasteiger partial charge < -0.3 is 10.2 Å². The second-order valence-electron chi connectivity index (χ2n) is 5.86. The molecule has 0 saturated heterocycles. The van der Waals surface area contributed by atoms with Gasteiger partial charge in [0.15, 0.2) is 0 Å². The fourth-order valence-corrected chi connectivity index (χ4v) is 2.33. The van der Waals surface area contributed by atoms with Gasteiger partial charge in [-0.25, -0.2) is 0 Å². The first-order valence-corrected chi connectivity index (χ1v) is 7.06. The molecule has 0 bridgehead atoms. The van der Waals surface area contributed by atoms with Crippen LogP contribution in [-0.2, 0) is 0 Å². The number of hydrogen-bond acceptors (Lipinski definition) is 2. The number of phenolic OH excluding ortho intramolecular Hbond substituents is 2. The molecule has 0 saturated carbocycles. The lowest BCUT2D eigenvalue weighted by Crippen LogP contribution is -1.92. The maximum absolute atomic E-state index is 10.1. The lowest BCUT2D eigenvalue weighted by atomic mass is 9.93. The molecule has 0 radical (unpaired) electrons. The fourth-order valence-electron chi connectivity index (χ4n) is 2.33. The van der Waals surface area contributed by atoms with Crippen LogP contribution in [-0.4, -0.2) is 10.2 Å². The summed E-state index contributed by atoms with van der Waals surface area (Å²) in [5.41, 5.74) is 3.85. The van der Waals surface area contributed by atoms with Crippen LogP contribution in [0.25, 0.3) is 11.1 Å². The van der Waals surface area contributed by atoms with Gasteiger partial charge in [0.1, 0.15) is 11.5 Å². The maximum atomic E-state index is 10.1. The lowest BCUT2D eigenvalue weighted by Gasteiger charge is -2.14. The Bertz CT molecular complexity index is 613. The standard InChI is InChI=1S/C18H22O2/c1-11(2)13-5-7-18(20)16(9-13)14-6-8-17(19)15(10-14)12(3)4/h5-12,19-20H,1-4H3. The molecule has 0 aliphatic rings. The molecule has 2 aromatic carbocycles. The second kappa shape index (κ2) is 5.58. The van der Waals surface area contributed by atoms with Crippen molar-refractivity contribution in [3.63, 3.8) is 0 Å². The van der Waals surface area contributed by atoms with E-state index in [0.29, 0.717) is 11.7 Å². The van der Waals surface area contributed by atoms with Crippen molar-refractivity contribution >= 4 is 0 Å². The van der Waals surface area contributed by atoms with E-state index < -0.39 is 0 Å². The molecule has 0 fully saturated rings. The quantitative estimate of drug-likeness (QED) is 0.822. The summed E-state index contributed by atoms with van der Waals surface area (Å²) in [5, 5.41) is 20.0. The van der Waals surface area contributed by atoms with Gasteiger partial charge in [-0.15, -0.1) is 0 Å². The van der Waals surface area contributed by atoms with Gasteiger partial charge >= 0.3 is 0 Å². The highest BCUT2D eigenvalue weighted by atomic mass is 16.3.